The standard InChI is InChI=1S/C21H24N4O7/c26-14(27)11-24-19(30)16-17(28)15(18(29)23-10-12-5-4-8-22-9-12)20(31)25(21(16)32)13-6-2-1-3-7-13/h4-5,8-9,13,28,31H,1-3,6-7,10-11H2,(H,23,29)(H,24,30)(H,26,27). The summed E-state index contributed by atoms with van der Waals surface area (Å²) in [6, 6.07) is 2.92. The molecule has 1 fully saturated rings. The van der Waals surface area contributed by atoms with Gasteiger partial charge in [0.2, 0.25) is 5.88 Å². The summed E-state index contributed by atoms with van der Waals surface area (Å²) in [5, 5.41) is 34.8. The average Bonchev–Trinajstić information content (AvgIpc) is 2.77. The molecule has 3 rings (SSSR count). The number of aromatic hydroxyl groups is 2. The van der Waals surface area contributed by atoms with Gasteiger partial charge in [-0.05, 0) is 24.5 Å². The van der Waals surface area contributed by atoms with E-state index in [1.807, 2.05) is 5.32 Å². The fourth-order valence-electron chi connectivity index (χ4n) is 3.78. The number of aromatic nitrogens is 2. The molecular weight excluding hydrogens is 420 g/mol. The fourth-order valence-corrected chi connectivity index (χ4v) is 3.78. The van der Waals surface area contributed by atoms with Gasteiger partial charge < -0.3 is 26.0 Å². The van der Waals surface area contributed by atoms with Crippen LogP contribution in [-0.2, 0) is 11.3 Å². The fraction of sp³-hybridized carbons (Fsp3) is 0.381. The minimum atomic E-state index is -1.35. The van der Waals surface area contributed by atoms with Crippen molar-refractivity contribution in [3.63, 3.8) is 0 Å². The number of nitrogens with zero attached hydrogens (tertiary/aromatic N) is 2. The van der Waals surface area contributed by atoms with Gasteiger partial charge >= 0.3 is 5.97 Å². The lowest BCUT2D eigenvalue weighted by atomic mass is 9.94. The molecule has 11 heteroatoms. The maximum Gasteiger partial charge on any atom is 0.322 e. The molecule has 2 aromatic heterocycles. The van der Waals surface area contributed by atoms with Crippen LogP contribution in [0.4, 0.5) is 0 Å². The summed E-state index contributed by atoms with van der Waals surface area (Å²) in [6.07, 6.45) is 6.71. The minimum absolute atomic E-state index is 0.0225. The number of hydrogen-bond donors (Lipinski definition) is 5. The van der Waals surface area contributed by atoms with E-state index in [1.54, 1.807) is 18.3 Å². The molecule has 170 valence electrons. The van der Waals surface area contributed by atoms with Gasteiger partial charge in [-0.25, -0.2) is 0 Å². The lowest BCUT2D eigenvalue weighted by Gasteiger charge is -2.26. The van der Waals surface area contributed by atoms with Gasteiger partial charge in [0, 0.05) is 25.0 Å². The Kier molecular flexibility index (Phi) is 7.08. The maximum atomic E-state index is 13.0. The van der Waals surface area contributed by atoms with Crippen LogP contribution in [0.1, 0.15) is 64.4 Å². The van der Waals surface area contributed by atoms with Crippen LogP contribution in [0.5, 0.6) is 11.6 Å². The first-order valence-corrected chi connectivity index (χ1v) is 10.2. The highest BCUT2D eigenvalue weighted by atomic mass is 16.4. The molecule has 1 saturated carbocycles. The number of carbonyl (C=O) groups excluding carboxylic acids is 2. The molecule has 0 spiro atoms. The van der Waals surface area contributed by atoms with E-state index in [9.17, 15) is 29.4 Å². The van der Waals surface area contributed by atoms with Crippen LogP contribution in [0.15, 0.2) is 29.3 Å². The van der Waals surface area contributed by atoms with Crippen LogP contribution in [0.3, 0.4) is 0 Å². The van der Waals surface area contributed by atoms with Crippen LogP contribution in [0.2, 0.25) is 0 Å². The quantitative estimate of drug-likeness (QED) is 0.419. The SMILES string of the molecule is O=C(O)CNC(=O)c1c(O)c(C(=O)NCc2cccnc2)c(O)n(C2CCCCC2)c1=O. The van der Waals surface area contributed by atoms with Gasteiger partial charge in [0.05, 0.1) is 0 Å². The molecule has 2 heterocycles. The van der Waals surface area contributed by atoms with Crippen molar-refractivity contribution < 1.29 is 29.7 Å². The molecular formula is C21H24N4O7. The maximum absolute atomic E-state index is 13.0. The molecule has 0 radical (unpaired) electrons. The monoisotopic (exact) mass is 444 g/mol. The first kappa shape index (κ1) is 22.8. The number of carbonyl (C=O) groups is 3. The second-order valence-electron chi connectivity index (χ2n) is 7.51. The Hall–Kier alpha value is -3.89. The molecule has 0 bridgehead atoms. The van der Waals surface area contributed by atoms with Crippen molar-refractivity contribution in [1.29, 1.82) is 0 Å². The number of carboxylic acids is 1. The van der Waals surface area contributed by atoms with Gasteiger partial charge in [0.15, 0.2) is 5.75 Å². The number of aliphatic carboxylic acids is 1. The van der Waals surface area contributed by atoms with Crippen LogP contribution >= 0.6 is 0 Å². The van der Waals surface area contributed by atoms with E-state index in [-0.39, 0.29) is 6.54 Å². The van der Waals surface area contributed by atoms with Crippen LogP contribution in [-0.4, -0.2) is 49.2 Å². The summed E-state index contributed by atoms with van der Waals surface area (Å²) >= 11 is 0. The van der Waals surface area contributed by atoms with Crippen LogP contribution < -0.4 is 16.2 Å². The van der Waals surface area contributed by atoms with Gasteiger partial charge in [0.25, 0.3) is 17.4 Å². The number of carboxylic acid groups (broad SMARTS) is 1. The summed E-state index contributed by atoms with van der Waals surface area (Å²) in [5.74, 6) is -5.15. The minimum Gasteiger partial charge on any atom is -0.506 e. The molecule has 11 nitrogen and oxygen atoms in total. The summed E-state index contributed by atoms with van der Waals surface area (Å²) in [4.78, 5) is 53.2. The predicted molar refractivity (Wildman–Crippen MR) is 112 cm³/mol. The van der Waals surface area contributed by atoms with Gasteiger partial charge in [-0.3, -0.25) is 28.7 Å². The Labute approximate surface area is 182 Å². The average molecular weight is 444 g/mol. The zero-order valence-electron chi connectivity index (χ0n) is 17.2. The van der Waals surface area contributed by atoms with E-state index in [4.69, 9.17) is 5.11 Å². The van der Waals surface area contributed by atoms with Crippen molar-refractivity contribution in [1.82, 2.24) is 20.2 Å². The molecule has 0 aliphatic heterocycles. The Morgan fingerprint density at radius 2 is 1.75 bits per heavy atom. The summed E-state index contributed by atoms with van der Waals surface area (Å²) in [7, 11) is 0. The van der Waals surface area contributed by atoms with Crippen molar-refractivity contribution in [3.8, 4) is 11.6 Å². The lowest BCUT2D eigenvalue weighted by Crippen LogP contribution is -2.38. The highest BCUT2D eigenvalue weighted by Gasteiger charge is 2.32. The lowest BCUT2D eigenvalue weighted by molar-refractivity contribution is -0.135. The molecule has 0 unspecified atom stereocenters. The first-order chi connectivity index (χ1) is 15.3. The highest BCUT2D eigenvalue weighted by Crippen LogP contribution is 2.35. The molecule has 1 aliphatic rings. The molecule has 2 aromatic rings. The topological polar surface area (TPSA) is 171 Å². The van der Waals surface area contributed by atoms with Crippen molar-refractivity contribution in [2.75, 3.05) is 6.54 Å². The molecule has 0 atom stereocenters. The van der Waals surface area contributed by atoms with Gasteiger partial charge in [-0.15, -0.1) is 0 Å². The van der Waals surface area contributed by atoms with E-state index in [0.29, 0.717) is 18.4 Å². The molecule has 5 N–H and O–H groups in total. The van der Waals surface area contributed by atoms with Crippen LogP contribution in [0.25, 0.3) is 0 Å². The summed E-state index contributed by atoms with van der Waals surface area (Å²) < 4.78 is 0.952. The summed E-state index contributed by atoms with van der Waals surface area (Å²) in [5.41, 5.74) is -1.75. The molecule has 0 saturated heterocycles. The van der Waals surface area contributed by atoms with E-state index in [2.05, 4.69) is 10.3 Å². The summed E-state index contributed by atoms with van der Waals surface area (Å²) in [6.45, 7) is -0.765. The second-order valence-corrected chi connectivity index (χ2v) is 7.51. The molecule has 1 aliphatic carbocycles. The van der Waals surface area contributed by atoms with E-state index in [0.717, 1.165) is 23.8 Å². The third-order valence-corrected chi connectivity index (χ3v) is 5.33. The predicted octanol–water partition coefficient (Wildman–Crippen LogP) is 0.904. The number of pyridine rings is 2. The van der Waals surface area contributed by atoms with E-state index >= 15 is 0 Å². The van der Waals surface area contributed by atoms with Crippen LogP contribution in [0, 0.1) is 0 Å². The normalized spacial score (nSPS) is 14.0. The Balaban J connectivity index is 2.04. The second kappa shape index (κ2) is 9.94. The highest BCUT2D eigenvalue weighted by molar-refractivity contribution is 6.05. The number of hydrogen-bond acceptors (Lipinski definition) is 7. The number of rotatable bonds is 7. The Morgan fingerprint density at radius 1 is 1.06 bits per heavy atom. The first-order valence-electron chi connectivity index (χ1n) is 10.2. The van der Waals surface area contributed by atoms with E-state index in [1.165, 1.54) is 6.20 Å². The third kappa shape index (κ3) is 4.88. The van der Waals surface area contributed by atoms with Crippen molar-refractivity contribution in [2.45, 2.75) is 44.7 Å². The van der Waals surface area contributed by atoms with Crippen molar-refractivity contribution in [2.24, 2.45) is 0 Å². The smallest absolute Gasteiger partial charge is 0.322 e. The van der Waals surface area contributed by atoms with E-state index < -0.39 is 58.7 Å². The Morgan fingerprint density at radius 3 is 2.38 bits per heavy atom. The van der Waals surface area contributed by atoms with Crippen molar-refractivity contribution >= 4 is 17.8 Å². The third-order valence-electron chi connectivity index (χ3n) is 5.33. The zero-order valence-corrected chi connectivity index (χ0v) is 17.2. The zero-order chi connectivity index (χ0) is 23.3. The number of amides is 2. The molecule has 2 amide bonds. The van der Waals surface area contributed by atoms with Crippen molar-refractivity contribution in [3.05, 3.63) is 51.6 Å². The molecule has 32 heavy (non-hydrogen) atoms. The number of nitrogens with one attached hydrogen (secondary N) is 2. The Bertz CT molecular complexity index is 1080. The van der Waals surface area contributed by atoms with Gasteiger partial charge in [-0.2, -0.15) is 0 Å². The largest absolute Gasteiger partial charge is 0.506 e. The molecule has 0 aromatic carbocycles. The van der Waals surface area contributed by atoms with Gasteiger partial charge in [0.1, 0.15) is 17.7 Å². The van der Waals surface area contributed by atoms with Gasteiger partial charge in [-0.1, -0.05) is 25.3 Å².